The number of hydrogen-bond donors (Lipinski definition) is 1. The first-order valence-electron chi connectivity index (χ1n) is 6.49. The van der Waals surface area contributed by atoms with Crippen molar-refractivity contribution < 1.29 is 4.74 Å². The van der Waals surface area contributed by atoms with Crippen LogP contribution in [0, 0.1) is 0 Å². The molecule has 0 saturated carbocycles. The summed E-state index contributed by atoms with van der Waals surface area (Å²) in [5.41, 5.74) is 1.35. The average Bonchev–Trinajstić information content (AvgIpc) is 2.40. The molecule has 17 heavy (non-hydrogen) atoms. The molecular formula is C14H22N2O. The van der Waals surface area contributed by atoms with Gasteiger partial charge in [-0.2, -0.15) is 0 Å². The van der Waals surface area contributed by atoms with Gasteiger partial charge in [-0.1, -0.05) is 12.1 Å². The summed E-state index contributed by atoms with van der Waals surface area (Å²) in [6, 6.07) is 8.93. The van der Waals surface area contributed by atoms with E-state index in [1.54, 1.807) is 0 Å². The molecule has 0 amide bonds. The van der Waals surface area contributed by atoms with Gasteiger partial charge in [0, 0.05) is 32.2 Å². The Balaban J connectivity index is 2.06. The Kier molecular flexibility index (Phi) is 4.40. The molecule has 0 bridgehead atoms. The standard InChI is InChI=1S/C14H22N2O/c1-3-17-14-6-4-5-13(11-14)12(2)16-9-7-15-8-10-16/h4-6,11-12,15H,3,7-10H2,1-2H3/t12-/m0/s1. The topological polar surface area (TPSA) is 24.5 Å². The van der Waals surface area contributed by atoms with Crippen LogP contribution in [0.1, 0.15) is 25.5 Å². The maximum atomic E-state index is 5.55. The van der Waals surface area contributed by atoms with Crippen molar-refractivity contribution in [3.63, 3.8) is 0 Å². The number of rotatable bonds is 4. The third-order valence-corrected chi connectivity index (χ3v) is 3.35. The molecule has 0 spiro atoms. The Labute approximate surface area is 104 Å². The van der Waals surface area contributed by atoms with Gasteiger partial charge in [0.15, 0.2) is 0 Å². The maximum absolute atomic E-state index is 5.55. The molecule has 94 valence electrons. The van der Waals surface area contributed by atoms with Crippen LogP contribution >= 0.6 is 0 Å². The number of hydrogen-bond acceptors (Lipinski definition) is 3. The van der Waals surface area contributed by atoms with E-state index >= 15 is 0 Å². The molecule has 1 saturated heterocycles. The van der Waals surface area contributed by atoms with Crippen molar-refractivity contribution in [2.24, 2.45) is 0 Å². The molecule has 1 atom stereocenters. The summed E-state index contributed by atoms with van der Waals surface area (Å²) in [5.74, 6) is 0.979. The van der Waals surface area contributed by atoms with Crippen molar-refractivity contribution in [3.8, 4) is 5.75 Å². The summed E-state index contributed by atoms with van der Waals surface area (Å²) in [7, 11) is 0. The highest BCUT2D eigenvalue weighted by atomic mass is 16.5. The Bertz CT molecular complexity index is 348. The van der Waals surface area contributed by atoms with E-state index in [0.717, 1.165) is 38.5 Å². The Morgan fingerprint density at radius 3 is 2.82 bits per heavy atom. The normalized spacial score (nSPS) is 18.9. The zero-order chi connectivity index (χ0) is 12.1. The molecule has 1 fully saturated rings. The second-order valence-electron chi connectivity index (χ2n) is 4.47. The van der Waals surface area contributed by atoms with Gasteiger partial charge in [-0.25, -0.2) is 0 Å². The molecule has 1 aromatic rings. The minimum absolute atomic E-state index is 0.470. The van der Waals surface area contributed by atoms with E-state index in [1.165, 1.54) is 5.56 Å². The lowest BCUT2D eigenvalue weighted by Gasteiger charge is -2.33. The van der Waals surface area contributed by atoms with E-state index in [1.807, 2.05) is 13.0 Å². The van der Waals surface area contributed by atoms with E-state index < -0.39 is 0 Å². The third-order valence-electron chi connectivity index (χ3n) is 3.35. The van der Waals surface area contributed by atoms with E-state index in [-0.39, 0.29) is 0 Å². The first-order chi connectivity index (χ1) is 8.31. The maximum Gasteiger partial charge on any atom is 0.119 e. The molecule has 1 aliphatic heterocycles. The number of piperazine rings is 1. The highest BCUT2D eigenvalue weighted by molar-refractivity contribution is 5.30. The Hall–Kier alpha value is -1.06. The van der Waals surface area contributed by atoms with Crippen LogP contribution in [0.25, 0.3) is 0 Å². The molecule has 3 heteroatoms. The van der Waals surface area contributed by atoms with Crippen LogP contribution in [0.3, 0.4) is 0 Å². The fraction of sp³-hybridized carbons (Fsp3) is 0.571. The number of nitrogens with zero attached hydrogens (tertiary/aromatic N) is 1. The van der Waals surface area contributed by atoms with Crippen LogP contribution in [-0.4, -0.2) is 37.7 Å². The number of ether oxygens (including phenoxy) is 1. The van der Waals surface area contributed by atoms with E-state index in [2.05, 4.69) is 35.3 Å². The molecule has 1 aromatic carbocycles. The Morgan fingerprint density at radius 1 is 1.35 bits per heavy atom. The molecule has 0 aromatic heterocycles. The van der Waals surface area contributed by atoms with Gasteiger partial charge in [-0.15, -0.1) is 0 Å². The Morgan fingerprint density at radius 2 is 2.12 bits per heavy atom. The van der Waals surface area contributed by atoms with Crippen LogP contribution in [0.15, 0.2) is 24.3 Å². The van der Waals surface area contributed by atoms with Crippen molar-refractivity contribution in [1.82, 2.24) is 10.2 Å². The minimum atomic E-state index is 0.470. The summed E-state index contributed by atoms with van der Waals surface area (Å²) in [6.45, 7) is 9.46. The second kappa shape index (κ2) is 6.03. The summed E-state index contributed by atoms with van der Waals surface area (Å²) < 4.78 is 5.55. The average molecular weight is 234 g/mol. The SMILES string of the molecule is CCOc1cccc([C@H](C)N2CCNCC2)c1. The summed E-state index contributed by atoms with van der Waals surface area (Å²) in [6.07, 6.45) is 0. The lowest BCUT2D eigenvalue weighted by atomic mass is 10.1. The highest BCUT2D eigenvalue weighted by Gasteiger charge is 2.17. The predicted molar refractivity (Wildman–Crippen MR) is 70.5 cm³/mol. The minimum Gasteiger partial charge on any atom is -0.494 e. The van der Waals surface area contributed by atoms with Crippen LogP contribution < -0.4 is 10.1 Å². The van der Waals surface area contributed by atoms with Crippen molar-refractivity contribution in [3.05, 3.63) is 29.8 Å². The second-order valence-corrected chi connectivity index (χ2v) is 4.47. The summed E-state index contributed by atoms with van der Waals surface area (Å²) in [4.78, 5) is 2.52. The molecule has 1 aliphatic rings. The number of benzene rings is 1. The van der Waals surface area contributed by atoms with E-state index in [0.29, 0.717) is 6.04 Å². The van der Waals surface area contributed by atoms with Crippen molar-refractivity contribution in [2.45, 2.75) is 19.9 Å². The zero-order valence-corrected chi connectivity index (χ0v) is 10.8. The van der Waals surface area contributed by atoms with Crippen molar-refractivity contribution in [1.29, 1.82) is 0 Å². The lowest BCUT2D eigenvalue weighted by molar-refractivity contribution is 0.185. The van der Waals surface area contributed by atoms with Gasteiger partial charge in [0.2, 0.25) is 0 Å². The molecule has 2 rings (SSSR count). The number of nitrogens with one attached hydrogen (secondary N) is 1. The lowest BCUT2D eigenvalue weighted by Crippen LogP contribution is -2.44. The largest absolute Gasteiger partial charge is 0.494 e. The molecule has 1 heterocycles. The van der Waals surface area contributed by atoms with Gasteiger partial charge in [0.05, 0.1) is 6.61 Å². The molecule has 0 unspecified atom stereocenters. The molecule has 3 nitrogen and oxygen atoms in total. The smallest absolute Gasteiger partial charge is 0.119 e. The fourth-order valence-electron chi connectivity index (χ4n) is 2.31. The zero-order valence-electron chi connectivity index (χ0n) is 10.8. The van der Waals surface area contributed by atoms with Gasteiger partial charge in [-0.3, -0.25) is 4.90 Å². The van der Waals surface area contributed by atoms with Gasteiger partial charge in [0.1, 0.15) is 5.75 Å². The molecule has 0 radical (unpaired) electrons. The van der Waals surface area contributed by atoms with Crippen molar-refractivity contribution in [2.75, 3.05) is 32.8 Å². The first kappa shape index (κ1) is 12.4. The van der Waals surface area contributed by atoms with E-state index in [9.17, 15) is 0 Å². The van der Waals surface area contributed by atoms with Gasteiger partial charge in [0.25, 0.3) is 0 Å². The highest BCUT2D eigenvalue weighted by Crippen LogP contribution is 2.24. The van der Waals surface area contributed by atoms with Crippen molar-refractivity contribution >= 4 is 0 Å². The van der Waals surface area contributed by atoms with Crippen LogP contribution in [-0.2, 0) is 0 Å². The van der Waals surface area contributed by atoms with Crippen LogP contribution in [0.5, 0.6) is 5.75 Å². The van der Waals surface area contributed by atoms with E-state index in [4.69, 9.17) is 4.74 Å². The third kappa shape index (κ3) is 3.20. The quantitative estimate of drug-likeness (QED) is 0.863. The first-order valence-corrected chi connectivity index (χ1v) is 6.49. The van der Waals surface area contributed by atoms with Gasteiger partial charge >= 0.3 is 0 Å². The molecule has 1 N–H and O–H groups in total. The molecule has 0 aliphatic carbocycles. The van der Waals surface area contributed by atoms with Gasteiger partial charge in [-0.05, 0) is 31.5 Å². The molecular weight excluding hydrogens is 212 g/mol. The van der Waals surface area contributed by atoms with Crippen LogP contribution in [0.2, 0.25) is 0 Å². The predicted octanol–water partition coefficient (Wildman–Crippen LogP) is 2.05. The van der Waals surface area contributed by atoms with Gasteiger partial charge < -0.3 is 10.1 Å². The van der Waals surface area contributed by atoms with Crippen LogP contribution in [0.4, 0.5) is 0 Å². The summed E-state index contributed by atoms with van der Waals surface area (Å²) >= 11 is 0. The fourth-order valence-corrected chi connectivity index (χ4v) is 2.31. The monoisotopic (exact) mass is 234 g/mol. The summed E-state index contributed by atoms with van der Waals surface area (Å²) in [5, 5.41) is 3.39.